The molecule has 7 nitrogen and oxygen atoms in total. The molecule has 4 rings (SSSR count). The number of aromatic carboxylic acids is 1. The molecule has 0 aliphatic carbocycles. The van der Waals surface area contributed by atoms with Crippen LogP contribution in [0.4, 0.5) is 11.4 Å². The van der Waals surface area contributed by atoms with Crippen LogP contribution in [0.2, 0.25) is 5.02 Å². The molecule has 0 saturated carbocycles. The number of thioether (sulfide) groups is 1. The summed E-state index contributed by atoms with van der Waals surface area (Å²) in [6, 6.07) is 26.7. The van der Waals surface area contributed by atoms with Gasteiger partial charge < -0.3 is 20.8 Å². The highest BCUT2D eigenvalue weighted by atomic mass is 35.5. The van der Waals surface area contributed by atoms with Crippen molar-refractivity contribution in [3.8, 4) is 5.75 Å². The van der Waals surface area contributed by atoms with Crippen LogP contribution >= 0.6 is 23.4 Å². The Kier molecular flexibility index (Phi) is 8.12. The van der Waals surface area contributed by atoms with E-state index in [1.165, 1.54) is 30.0 Å². The van der Waals surface area contributed by atoms with Gasteiger partial charge in [-0.2, -0.15) is 0 Å². The minimum atomic E-state index is -1.30. The van der Waals surface area contributed by atoms with Crippen LogP contribution in [0, 0.1) is 0 Å². The standard InChI is InChI=1S/C28H21ClN2O5S/c29-19-8-4-7-18(15-19)26(33)30-20-9-12-22(13-10-20)37-25(17-5-2-1-3-6-17)27(34)31-21-11-14-24(32)23(16-21)28(35)36/h1-16,25,32H,(H,30,33)(H,31,34)(H,35,36). The average molecular weight is 533 g/mol. The van der Waals surface area contributed by atoms with Crippen molar-refractivity contribution in [2.24, 2.45) is 0 Å². The number of amides is 2. The summed E-state index contributed by atoms with van der Waals surface area (Å²) in [5.41, 5.74) is 1.71. The molecule has 4 aromatic rings. The van der Waals surface area contributed by atoms with Crippen molar-refractivity contribution in [1.29, 1.82) is 0 Å². The normalized spacial score (nSPS) is 11.4. The molecule has 0 aromatic heterocycles. The lowest BCUT2D eigenvalue weighted by Gasteiger charge is -2.18. The van der Waals surface area contributed by atoms with Crippen molar-refractivity contribution in [2.45, 2.75) is 10.1 Å². The number of hydrogen-bond donors (Lipinski definition) is 4. The van der Waals surface area contributed by atoms with E-state index in [2.05, 4.69) is 10.6 Å². The van der Waals surface area contributed by atoms with Crippen LogP contribution in [0.1, 0.15) is 31.5 Å². The fourth-order valence-corrected chi connectivity index (χ4v) is 4.69. The van der Waals surface area contributed by atoms with Crippen LogP contribution in [0.5, 0.6) is 5.75 Å². The van der Waals surface area contributed by atoms with Crippen LogP contribution < -0.4 is 10.6 Å². The number of hydrogen-bond acceptors (Lipinski definition) is 5. The van der Waals surface area contributed by atoms with Gasteiger partial charge in [0.1, 0.15) is 16.6 Å². The van der Waals surface area contributed by atoms with Gasteiger partial charge in [0, 0.05) is 26.9 Å². The maximum absolute atomic E-state index is 13.3. The summed E-state index contributed by atoms with van der Waals surface area (Å²) in [6.45, 7) is 0. The van der Waals surface area contributed by atoms with Gasteiger partial charge in [0.15, 0.2) is 0 Å². The summed E-state index contributed by atoms with van der Waals surface area (Å²) < 4.78 is 0. The third kappa shape index (κ3) is 6.69. The Bertz CT molecular complexity index is 1440. The van der Waals surface area contributed by atoms with Gasteiger partial charge >= 0.3 is 5.97 Å². The van der Waals surface area contributed by atoms with Crippen molar-refractivity contribution in [1.82, 2.24) is 0 Å². The van der Waals surface area contributed by atoms with E-state index in [1.54, 1.807) is 48.5 Å². The summed E-state index contributed by atoms with van der Waals surface area (Å²) in [7, 11) is 0. The van der Waals surface area contributed by atoms with Gasteiger partial charge in [0.25, 0.3) is 5.91 Å². The predicted molar refractivity (Wildman–Crippen MR) is 145 cm³/mol. The molecule has 0 heterocycles. The molecule has 0 spiro atoms. The van der Waals surface area contributed by atoms with Crippen LogP contribution in [-0.4, -0.2) is 28.0 Å². The molecule has 1 atom stereocenters. The van der Waals surface area contributed by atoms with Gasteiger partial charge in [-0.3, -0.25) is 9.59 Å². The second-order valence-corrected chi connectivity index (χ2v) is 9.54. The van der Waals surface area contributed by atoms with Gasteiger partial charge in [-0.1, -0.05) is 48.0 Å². The van der Waals surface area contributed by atoms with E-state index in [0.717, 1.165) is 10.5 Å². The smallest absolute Gasteiger partial charge is 0.339 e. The molecule has 9 heteroatoms. The molecule has 0 aliphatic heterocycles. The second-order valence-electron chi connectivity index (χ2n) is 7.92. The molecule has 0 radical (unpaired) electrons. The molecular weight excluding hydrogens is 512 g/mol. The number of anilines is 2. The monoisotopic (exact) mass is 532 g/mol. The van der Waals surface area contributed by atoms with Crippen molar-refractivity contribution < 1.29 is 24.6 Å². The Labute approximate surface area is 222 Å². The van der Waals surface area contributed by atoms with Crippen molar-refractivity contribution in [3.05, 3.63) is 119 Å². The lowest BCUT2D eigenvalue weighted by atomic mass is 10.1. The Morgan fingerprint density at radius 1 is 0.784 bits per heavy atom. The van der Waals surface area contributed by atoms with Crippen molar-refractivity contribution in [2.75, 3.05) is 10.6 Å². The number of benzene rings is 4. The van der Waals surface area contributed by atoms with E-state index in [4.69, 9.17) is 11.6 Å². The van der Waals surface area contributed by atoms with E-state index < -0.39 is 11.2 Å². The topological polar surface area (TPSA) is 116 Å². The number of carboxylic acid groups (broad SMARTS) is 1. The molecule has 4 N–H and O–H groups in total. The summed E-state index contributed by atoms with van der Waals surface area (Å²) in [5, 5.41) is 24.4. The van der Waals surface area contributed by atoms with Crippen molar-refractivity contribution in [3.63, 3.8) is 0 Å². The Hall–Kier alpha value is -4.27. The highest BCUT2D eigenvalue weighted by Crippen LogP contribution is 2.37. The third-order valence-electron chi connectivity index (χ3n) is 5.29. The number of nitrogens with one attached hydrogen (secondary N) is 2. The third-order valence-corrected chi connectivity index (χ3v) is 6.79. The van der Waals surface area contributed by atoms with E-state index in [0.29, 0.717) is 16.3 Å². The van der Waals surface area contributed by atoms with Gasteiger partial charge in [0.05, 0.1) is 0 Å². The van der Waals surface area contributed by atoms with Crippen molar-refractivity contribution >= 4 is 52.5 Å². The molecule has 0 bridgehead atoms. The first-order valence-electron chi connectivity index (χ1n) is 11.1. The number of aromatic hydroxyl groups is 1. The Morgan fingerprint density at radius 2 is 1.49 bits per heavy atom. The maximum atomic E-state index is 13.3. The van der Waals surface area contributed by atoms with Crippen LogP contribution in [-0.2, 0) is 4.79 Å². The van der Waals surface area contributed by atoms with Crippen LogP contribution in [0.25, 0.3) is 0 Å². The Morgan fingerprint density at radius 3 is 2.16 bits per heavy atom. The van der Waals surface area contributed by atoms with Gasteiger partial charge in [-0.05, 0) is 66.2 Å². The second kappa shape index (κ2) is 11.6. The average Bonchev–Trinajstić information content (AvgIpc) is 2.89. The number of halogens is 1. The maximum Gasteiger partial charge on any atom is 0.339 e. The highest BCUT2D eigenvalue weighted by Gasteiger charge is 2.23. The summed E-state index contributed by atoms with van der Waals surface area (Å²) in [6.07, 6.45) is 0. The fraction of sp³-hybridized carbons (Fsp3) is 0.0357. The lowest BCUT2D eigenvalue weighted by Crippen LogP contribution is -2.19. The van der Waals surface area contributed by atoms with Gasteiger partial charge in [-0.15, -0.1) is 11.8 Å². The lowest BCUT2D eigenvalue weighted by molar-refractivity contribution is -0.115. The van der Waals surface area contributed by atoms with E-state index in [9.17, 15) is 24.6 Å². The van der Waals surface area contributed by atoms with E-state index in [-0.39, 0.29) is 28.8 Å². The predicted octanol–water partition coefficient (Wildman–Crippen LogP) is 6.47. The molecule has 0 fully saturated rings. The number of carbonyl (C=O) groups is 3. The van der Waals surface area contributed by atoms with E-state index >= 15 is 0 Å². The minimum absolute atomic E-state index is 0.251. The molecule has 2 amide bonds. The number of carboxylic acids is 1. The summed E-state index contributed by atoms with van der Waals surface area (Å²) >= 11 is 7.26. The number of rotatable bonds is 8. The zero-order valence-corrected chi connectivity index (χ0v) is 20.8. The van der Waals surface area contributed by atoms with Crippen LogP contribution in [0.15, 0.2) is 102 Å². The summed E-state index contributed by atoms with van der Waals surface area (Å²) in [4.78, 5) is 37.9. The Balaban J connectivity index is 1.51. The quantitative estimate of drug-likeness (QED) is 0.153. The largest absolute Gasteiger partial charge is 0.507 e. The van der Waals surface area contributed by atoms with E-state index in [1.807, 2.05) is 30.3 Å². The zero-order valence-electron chi connectivity index (χ0n) is 19.2. The number of carbonyl (C=O) groups excluding carboxylic acids is 2. The molecular formula is C28H21ClN2O5S. The molecule has 0 saturated heterocycles. The minimum Gasteiger partial charge on any atom is -0.507 e. The fourth-order valence-electron chi connectivity index (χ4n) is 3.48. The SMILES string of the molecule is O=C(Nc1ccc(SC(C(=O)Nc2ccc(O)c(C(=O)O)c2)c2ccccc2)cc1)c1cccc(Cl)c1. The molecule has 4 aromatic carbocycles. The number of phenols is 1. The molecule has 0 aliphatic rings. The first-order chi connectivity index (χ1) is 17.8. The van der Waals surface area contributed by atoms with Gasteiger partial charge in [-0.25, -0.2) is 4.79 Å². The molecule has 186 valence electrons. The zero-order chi connectivity index (χ0) is 26.4. The molecule has 1 unspecified atom stereocenters. The van der Waals surface area contributed by atoms with Gasteiger partial charge in [0.2, 0.25) is 5.91 Å². The first-order valence-corrected chi connectivity index (χ1v) is 12.3. The summed E-state index contributed by atoms with van der Waals surface area (Å²) in [5.74, 6) is -2.34. The highest BCUT2D eigenvalue weighted by molar-refractivity contribution is 8.00. The van der Waals surface area contributed by atoms with Crippen LogP contribution in [0.3, 0.4) is 0 Å². The first kappa shape index (κ1) is 25.8. The molecule has 37 heavy (non-hydrogen) atoms.